The number of amides is 4. The van der Waals surface area contributed by atoms with Crippen molar-refractivity contribution in [1.29, 1.82) is 0 Å². The zero-order valence-corrected chi connectivity index (χ0v) is 43.3. The molecule has 16 heteroatoms. The van der Waals surface area contributed by atoms with E-state index < -0.39 is 53.3 Å². The van der Waals surface area contributed by atoms with Crippen molar-refractivity contribution in [3.05, 3.63) is 77.6 Å². The molecule has 6 aliphatic rings. The van der Waals surface area contributed by atoms with Crippen LogP contribution in [0.4, 0.5) is 0 Å². The molecule has 16 nitrogen and oxygen atoms in total. The smallest absolute Gasteiger partial charge is 0.324 e. The third-order valence-corrected chi connectivity index (χ3v) is 16.4. The highest BCUT2D eigenvalue weighted by Crippen LogP contribution is 2.57. The van der Waals surface area contributed by atoms with Gasteiger partial charge < -0.3 is 33.9 Å². The van der Waals surface area contributed by atoms with Crippen molar-refractivity contribution in [3.8, 4) is 34.2 Å². The molecule has 4 aromatic rings. The second-order valence-corrected chi connectivity index (χ2v) is 21.9. The van der Waals surface area contributed by atoms with Crippen LogP contribution in [0.5, 0.6) is 0 Å². The highest BCUT2D eigenvalue weighted by atomic mass is 16.5. The zero-order valence-electron chi connectivity index (χ0n) is 43.3. The van der Waals surface area contributed by atoms with Gasteiger partial charge in [0.1, 0.15) is 24.2 Å². The minimum Gasteiger partial charge on any atom is -0.464 e. The Kier molecular flexibility index (Phi) is 14.3. The number of hydrogen-bond acceptors (Lipinski definition) is 11. The summed E-state index contributed by atoms with van der Waals surface area (Å²) in [6.45, 7) is 14.0. The summed E-state index contributed by atoms with van der Waals surface area (Å²) < 4.78 is 20.6. The fraction of sp³-hybridized carbons (Fsp3) is 0.544. The first kappa shape index (κ1) is 50.4. The van der Waals surface area contributed by atoms with Gasteiger partial charge in [-0.25, -0.2) is 5.43 Å². The van der Waals surface area contributed by atoms with Crippen molar-refractivity contribution in [3.63, 3.8) is 0 Å². The van der Waals surface area contributed by atoms with Crippen LogP contribution in [0, 0.1) is 29.1 Å². The number of aryl methyl sites for hydroxylation is 1. The quantitative estimate of drug-likeness (QED) is 0.178. The number of benzene rings is 2. The van der Waals surface area contributed by atoms with Gasteiger partial charge in [0.05, 0.1) is 43.2 Å². The van der Waals surface area contributed by atoms with E-state index in [2.05, 4.69) is 89.2 Å². The van der Waals surface area contributed by atoms with Crippen molar-refractivity contribution < 1.29 is 38.2 Å². The summed E-state index contributed by atoms with van der Waals surface area (Å²) in [6.07, 6.45) is 4.85. The average Bonchev–Trinajstić information content (AvgIpc) is 4.15. The van der Waals surface area contributed by atoms with E-state index in [9.17, 15) is 24.0 Å². The topological polar surface area (TPSA) is 168 Å². The Bertz CT molecular complexity index is 2870. The van der Waals surface area contributed by atoms with E-state index in [0.29, 0.717) is 58.2 Å². The van der Waals surface area contributed by atoms with E-state index >= 15 is 0 Å². The number of hydrogen-bond donors (Lipinski definition) is 2. The number of methoxy groups -OCH3 is 1. The lowest BCUT2D eigenvalue weighted by Crippen LogP contribution is -2.62. The molecule has 1 aliphatic carbocycles. The Balaban J connectivity index is 0.940. The van der Waals surface area contributed by atoms with Crippen LogP contribution in [-0.4, -0.2) is 149 Å². The molecular weight excluding hydrogens is 925 g/mol. The minimum absolute atomic E-state index is 0.0237. The fourth-order valence-electron chi connectivity index (χ4n) is 12.7. The molecule has 6 bridgehead atoms. The number of pyridine rings is 1. The number of likely N-dealkylation sites (tertiary alicyclic amines) is 1. The Morgan fingerprint density at radius 2 is 1.84 bits per heavy atom. The number of likely N-dealkylation sites (N-methyl/N-ethyl adjacent to an activating group) is 1. The molecule has 4 amide bonds. The van der Waals surface area contributed by atoms with Gasteiger partial charge >= 0.3 is 5.97 Å². The summed E-state index contributed by atoms with van der Waals surface area (Å²) in [4.78, 5) is 81.8. The standard InChI is InChI=1S/C57H70N8O8/c1-8-63-45-20-16-37-30-42(45)47-48(52(71-7)49-41(51(47)63)14-10-23-58-49)57(4,5)33-73-56(70)43-15-11-24-65(60-43)55(69)44(29-35-12-9-13-36(37)28-35)59-53(67)50(34(2)3)61(6)54(68)38-22-25-62(31-38)46(66)21-19-39-17-18-40-32-72-27-26-64(39)40/h9-10,12-14,16,20,23,28,30,34,38-40,43-44,48,50,52,60H,8,11,15,17-18,22,24-27,29,31-33H2,1-7H3,(H,59,67)/t38-,39+,40+,43-,44-,48?,50-,52-/m0/s1. The molecule has 2 aromatic heterocycles. The van der Waals surface area contributed by atoms with Crippen LogP contribution in [-0.2, 0) is 51.1 Å². The fourth-order valence-corrected chi connectivity index (χ4v) is 12.7. The van der Waals surface area contributed by atoms with Gasteiger partial charge in [-0.15, -0.1) is 0 Å². The summed E-state index contributed by atoms with van der Waals surface area (Å²) in [5.74, 6) is 3.12. The van der Waals surface area contributed by atoms with Gasteiger partial charge in [0.2, 0.25) is 11.8 Å². The molecule has 4 fully saturated rings. The third kappa shape index (κ3) is 9.54. The molecule has 73 heavy (non-hydrogen) atoms. The number of rotatable bonds is 7. The Labute approximate surface area is 428 Å². The predicted octanol–water partition coefficient (Wildman–Crippen LogP) is 5.48. The minimum atomic E-state index is -1.06. The number of carbonyl (C=O) groups is 5. The van der Waals surface area contributed by atoms with Gasteiger partial charge in [0, 0.05) is 93.3 Å². The van der Waals surface area contributed by atoms with Crippen molar-refractivity contribution in [1.82, 2.24) is 40.0 Å². The van der Waals surface area contributed by atoms with Crippen molar-refractivity contribution in [2.45, 2.75) is 122 Å². The summed E-state index contributed by atoms with van der Waals surface area (Å²) in [7, 11) is 3.35. The maximum Gasteiger partial charge on any atom is 0.324 e. The van der Waals surface area contributed by atoms with Crippen LogP contribution in [0.15, 0.2) is 60.8 Å². The normalized spacial score (nSPS) is 26.3. The molecule has 0 spiro atoms. The second kappa shape index (κ2) is 20.7. The van der Waals surface area contributed by atoms with Crippen molar-refractivity contribution in [2.24, 2.45) is 17.3 Å². The van der Waals surface area contributed by atoms with Gasteiger partial charge in [-0.1, -0.05) is 63.9 Å². The number of nitrogens with zero attached hydrogens (tertiary/aromatic N) is 6. The molecule has 7 heterocycles. The highest BCUT2D eigenvalue weighted by Gasteiger charge is 2.48. The summed E-state index contributed by atoms with van der Waals surface area (Å²) >= 11 is 0. The third-order valence-electron chi connectivity index (χ3n) is 16.4. The van der Waals surface area contributed by atoms with Crippen LogP contribution in [0.1, 0.15) is 95.6 Å². The van der Waals surface area contributed by atoms with Crippen LogP contribution < -0.4 is 10.7 Å². The predicted molar refractivity (Wildman–Crippen MR) is 275 cm³/mol. The van der Waals surface area contributed by atoms with Gasteiger partial charge in [-0.05, 0) is 97.4 Å². The number of hydrazine groups is 1. The van der Waals surface area contributed by atoms with Crippen LogP contribution >= 0.6 is 0 Å². The zero-order chi connectivity index (χ0) is 51.3. The first-order valence-corrected chi connectivity index (χ1v) is 26.4. The Hall–Kier alpha value is -6.12. The summed E-state index contributed by atoms with van der Waals surface area (Å²) in [6, 6.07) is 16.2. The molecule has 0 radical (unpaired) electrons. The van der Waals surface area contributed by atoms with E-state index in [1.807, 2.05) is 32.0 Å². The van der Waals surface area contributed by atoms with Gasteiger partial charge in [-0.3, -0.25) is 38.9 Å². The highest BCUT2D eigenvalue weighted by molar-refractivity contribution is 5.98. The van der Waals surface area contributed by atoms with Crippen LogP contribution in [0.2, 0.25) is 0 Å². The lowest BCUT2D eigenvalue weighted by molar-refractivity contribution is -0.156. The monoisotopic (exact) mass is 995 g/mol. The molecule has 1 unspecified atom stereocenters. The molecule has 0 saturated carbocycles. The first-order chi connectivity index (χ1) is 35.2. The number of esters is 1. The maximum atomic E-state index is 14.9. The molecule has 4 saturated heterocycles. The number of aromatic nitrogens is 2. The number of nitrogens with one attached hydrogen (secondary N) is 2. The molecule has 2 N–H and O–H groups in total. The maximum absolute atomic E-state index is 14.9. The van der Waals surface area contributed by atoms with E-state index in [1.165, 1.54) is 9.91 Å². The van der Waals surface area contributed by atoms with E-state index in [4.69, 9.17) is 19.2 Å². The Morgan fingerprint density at radius 1 is 1.01 bits per heavy atom. The summed E-state index contributed by atoms with van der Waals surface area (Å²) in [5, 5.41) is 5.61. The molecule has 10 rings (SSSR count). The van der Waals surface area contributed by atoms with Crippen LogP contribution in [0.3, 0.4) is 0 Å². The molecular formula is C57H70N8O8. The Morgan fingerprint density at radius 3 is 2.63 bits per heavy atom. The number of morpholine rings is 1. The van der Waals surface area contributed by atoms with E-state index in [0.717, 1.165) is 69.5 Å². The first-order valence-electron chi connectivity index (χ1n) is 26.4. The number of carbonyl (C=O) groups excluding carboxylic acids is 5. The van der Waals surface area contributed by atoms with E-state index in [1.54, 1.807) is 25.3 Å². The van der Waals surface area contributed by atoms with Crippen molar-refractivity contribution in [2.75, 3.05) is 60.2 Å². The average molecular weight is 995 g/mol. The molecule has 386 valence electrons. The number of cyclic esters (lactones) is 1. The second-order valence-electron chi connectivity index (χ2n) is 21.9. The largest absolute Gasteiger partial charge is 0.464 e. The van der Waals surface area contributed by atoms with Gasteiger partial charge in [0.25, 0.3) is 11.8 Å². The molecule has 5 aliphatic heterocycles. The van der Waals surface area contributed by atoms with Crippen LogP contribution in [0.25, 0.3) is 33.3 Å². The SMILES string of the molecule is CCn1c2c3c4cc(ccc41)-c1cccc(c1)C[C@H](NC(=O)[C@H](C(C)C)N(C)C(=O)[C@H]1CCN(C(=O)C#C[C@H]4CC[C@@H]5COCCN54)C1)C(=O)N1CCC[C@H](N1)C(=O)OCC(C)(C)C3[C@H](OC)c1ncccc1-2. The number of fused-ring (bicyclic) bond motifs is 9. The number of ether oxygens (including phenoxy) is 3. The lowest BCUT2D eigenvalue weighted by Gasteiger charge is -2.42. The van der Waals surface area contributed by atoms with Crippen molar-refractivity contribution >= 4 is 40.5 Å². The summed E-state index contributed by atoms with van der Waals surface area (Å²) in [5.41, 5.74) is 10.4. The van der Waals surface area contributed by atoms with Gasteiger partial charge in [0.15, 0.2) is 0 Å². The molecule has 8 atom stereocenters. The van der Waals surface area contributed by atoms with Gasteiger partial charge in [-0.2, -0.15) is 0 Å². The lowest BCUT2D eigenvalue weighted by atomic mass is 9.67. The molecule has 2 aromatic carbocycles. The van der Waals surface area contributed by atoms with E-state index in [-0.39, 0.29) is 49.3 Å².